The Kier molecular flexibility index (Phi) is 40.2. The van der Waals surface area contributed by atoms with E-state index < -0.39 is 20.0 Å². The number of carbonyl (C=O) groups is 1. The van der Waals surface area contributed by atoms with Crippen molar-refractivity contribution in [2.45, 2.75) is 231 Å². The van der Waals surface area contributed by atoms with Crippen LogP contribution in [0.25, 0.3) is 0 Å². The number of phosphoric ester groups is 1. The van der Waals surface area contributed by atoms with Gasteiger partial charge in [-0.3, -0.25) is 9.36 Å². The van der Waals surface area contributed by atoms with Crippen molar-refractivity contribution in [2.75, 3.05) is 40.9 Å². The fourth-order valence-corrected chi connectivity index (χ4v) is 7.71. The van der Waals surface area contributed by atoms with Gasteiger partial charge in [-0.2, -0.15) is 0 Å². The van der Waals surface area contributed by atoms with Crippen LogP contribution >= 0.6 is 7.82 Å². The van der Waals surface area contributed by atoms with Gasteiger partial charge < -0.3 is 28.8 Å². The number of phosphoric acid groups is 1. The van der Waals surface area contributed by atoms with E-state index in [1.54, 1.807) is 0 Å². The number of likely N-dealkylation sites (N-methyl/N-ethyl adjacent to an activating group) is 1. The van der Waals surface area contributed by atoms with Crippen molar-refractivity contribution in [1.29, 1.82) is 0 Å². The molecule has 58 heavy (non-hydrogen) atoms. The summed E-state index contributed by atoms with van der Waals surface area (Å²) in [6.07, 6.45) is 50.0. The average molecular weight is 839 g/mol. The number of aliphatic hydroxyl groups excluding tert-OH is 1. The van der Waals surface area contributed by atoms with Gasteiger partial charge >= 0.3 is 0 Å². The summed E-state index contributed by atoms with van der Waals surface area (Å²) in [5, 5.41) is 13.9. The molecule has 0 fully saturated rings. The molecule has 8 nitrogen and oxygen atoms in total. The predicted molar refractivity (Wildman–Crippen MR) is 247 cm³/mol. The molecule has 1 amide bonds. The number of aliphatic hydroxyl groups is 1. The predicted octanol–water partition coefficient (Wildman–Crippen LogP) is 13.2. The van der Waals surface area contributed by atoms with Gasteiger partial charge in [0.1, 0.15) is 13.2 Å². The molecule has 0 aliphatic heterocycles. The standard InChI is InChI=1S/C49H95N2O6P/c1-6-8-10-12-14-16-18-20-22-24-25-27-29-31-33-35-37-39-41-43-49(53)50-47(46-57-58(54,55)56-45-44-51(3,4)5)48(52)42-40-38-36-34-32-30-28-26-23-21-19-17-15-13-11-9-7-2/h14,16,20,22,25,27,47-48,52H,6-13,15,17-19,21,23-24,26,28-46H2,1-5H3,(H-,50,53,54,55)/b16-14-,22-20-,27-25-. The first kappa shape index (κ1) is 56.7. The summed E-state index contributed by atoms with van der Waals surface area (Å²) in [6.45, 7) is 4.69. The SMILES string of the molecule is CCCCC/C=C\C/C=C\C/C=C\CCCCCCCCC(=O)NC(COP(=O)([O-])OCC[N+](C)(C)C)C(O)CCCCCCCCCCCCCCCCCCC. The Morgan fingerprint density at radius 3 is 1.48 bits per heavy atom. The fourth-order valence-electron chi connectivity index (χ4n) is 6.99. The van der Waals surface area contributed by atoms with Crippen LogP contribution in [-0.4, -0.2) is 68.5 Å². The molecule has 0 bridgehead atoms. The molecule has 0 aliphatic carbocycles. The second kappa shape index (κ2) is 41.1. The van der Waals surface area contributed by atoms with Crippen molar-refractivity contribution in [3.8, 4) is 0 Å². The van der Waals surface area contributed by atoms with Crippen LogP contribution in [0.15, 0.2) is 36.5 Å². The first-order valence-corrected chi connectivity index (χ1v) is 25.8. The van der Waals surface area contributed by atoms with Gasteiger partial charge in [0.05, 0.1) is 39.9 Å². The summed E-state index contributed by atoms with van der Waals surface area (Å²) < 4.78 is 23.3. The van der Waals surface area contributed by atoms with E-state index in [1.165, 1.54) is 128 Å². The van der Waals surface area contributed by atoms with Gasteiger partial charge in [-0.1, -0.05) is 198 Å². The summed E-state index contributed by atoms with van der Waals surface area (Å²) in [7, 11) is 1.29. The highest BCUT2D eigenvalue weighted by molar-refractivity contribution is 7.45. The van der Waals surface area contributed by atoms with Gasteiger partial charge in [-0.15, -0.1) is 0 Å². The molecule has 0 aromatic carbocycles. The number of rotatable bonds is 44. The Balaban J connectivity index is 4.34. The lowest BCUT2D eigenvalue weighted by Crippen LogP contribution is -2.46. The Morgan fingerprint density at radius 2 is 1.00 bits per heavy atom. The second-order valence-corrected chi connectivity index (χ2v) is 19.2. The lowest BCUT2D eigenvalue weighted by Gasteiger charge is -2.30. The molecule has 342 valence electrons. The quantitative estimate of drug-likeness (QED) is 0.0274. The Hall–Kier alpha value is -1.28. The molecule has 3 atom stereocenters. The van der Waals surface area contributed by atoms with Crippen LogP contribution in [0.5, 0.6) is 0 Å². The lowest BCUT2D eigenvalue weighted by molar-refractivity contribution is -0.870. The minimum atomic E-state index is -4.57. The summed E-state index contributed by atoms with van der Waals surface area (Å²) in [4.78, 5) is 25.4. The first-order chi connectivity index (χ1) is 28.0. The summed E-state index contributed by atoms with van der Waals surface area (Å²) in [5.74, 6) is -0.177. The largest absolute Gasteiger partial charge is 0.756 e. The maximum Gasteiger partial charge on any atom is 0.268 e. The van der Waals surface area contributed by atoms with Crippen molar-refractivity contribution < 1.29 is 32.9 Å². The maximum absolute atomic E-state index is 12.9. The highest BCUT2D eigenvalue weighted by Gasteiger charge is 2.24. The Bertz CT molecular complexity index is 1040. The number of unbranched alkanes of at least 4 members (excludes halogenated alkanes) is 25. The third-order valence-corrected chi connectivity index (χ3v) is 11.8. The number of nitrogens with zero attached hydrogens (tertiary/aromatic N) is 1. The van der Waals surface area contributed by atoms with Gasteiger partial charge in [0.15, 0.2) is 0 Å². The van der Waals surface area contributed by atoms with Crippen molar-refractivity contribution in [3.05, 3.63) is 36.5 Å². The van der Waals surface area contributed by atoms with E-state index >= 15 is 0 Å². The third kappa shape index (κ3) is 42.8. The van der Waals surface area contributed by atoms with E-state index in [-0.39, 0.29) is 19.1 Å². The number of amides is 1. The van der Waals surface area contributed by atoms with E-state index in [0.717, 1.165) is 64.2 Å². The lowest BCUT2D eigenvalue weighted by atomic mass is 10.0. The van der Waals surface area contributed by atoms with E-state index in [2.05, 4.69) is 55.6 Å². The minimum absolute atomic E-state index is 0.00891. The third-order valence-electron chi connectivity index (χ3n) is 10.9. The number of nitrogens with one attached hydrogen (secondary N) is 1. The van der Waals surface area contributed by atoms with Gasteiger partial charge in [0.25, 0.3) is 7.82 Å². The fraction of sp³-hybridized carbons (Fsp3) is 0.857. The van der Waals surface area contributed by atoms with E-state index in [9.17, 15) is 19.4 Å². The maximum atomic E-state index is 12.9. The van der Waals surface area contributed by atoms with E-state index in [0.29, 0.717) is 23.9 Å². The molecule has 0 saturated heterocycles. The zero-order valence-corrected chi connectivity index (χ0v) is 39.6. The molecule has 0 aliphatic rings. The van der Waals surface area contributed by atoms with Crippen molar-refractivity contribution >= 4 is 13.7 Å². The Labute approximate surface area is 359 Å². The van der Waals surface area contributed by atoms with Crippen molar-refractivity contribution in [2.24, 2.45) is 0 Å². The topological polar surface area (TPSA) is 108 Å². The summed E-state index contributed by atoms with van der Waals surface area (Å²) >= 11 is 0. The molecule has 3 unspecified atom stereocenters. The monoisotopic (exact) mass is 839 g/mol. The molecule has 0 radical (unpaired) electrons. The molecular formula is C49H95N2O6P. The highest BCUT2D eigenvalue weighted by Crippen LogP contribution is 2.38. The van der Waals surface area contributed by atoms with Crippen LogP contribution in [-0.2, 0) is 18.4 Å². The summed E-state index contributed by atoms with van der Waals surface area (Å²) in [6, 6.07) is -0.807. The molecule has 0 rings (SSSR count). The van der Waals surface area contributed by atoms with Crippen LogP contribution in [0.4, 0.5) is 0 Å². The van der Waals surface area contributed by atoms with Crippen LogP contribution in [0.1, 0.15) is 219 Å². The number of allylic oxidation sites excluding steroid dienone is 6. The van der Waals surface area contributed by atoms with Crippen molar-refractivity contribution in [1.82, 2.24) is 5.32 Å². The van der Waals surface area contributed by atoms with Gasteiger partial charge in [-0.05, 0) is 51.4 Å². The molecule has 0 spiro atoms. The van der Waals surface area contributed by atoms with Crippen molar-refractivity contribution in [3.63, 3.8) is 0 Å². The first-order valence-electron chi connectivity index (χ1n) is 24.3. The highest BCUT2D eigenvalue weighted by atomic mass is 31.2. The molecule has 9 heteroatoms. The molecule has 2 N–H and O–H groups in total. The van der Waals surface area contributed by atoms with Crippen LogP contribution in [0, 0.1) is 0 Å². The molecule has 0 aromatic heterocycles. The molecular weight excluding hydrogens is 744 g/mol. The number of hydrogen-bond donors (Lipinski definition) is 2. The number of hydrogen-bond acceptors (Lipinski definition) is 6. The van der Waals surface area contributed by atoms with Gasteiger partial charge in [-0.25, -0.2) is 0 Å². The minimum Gasteiger partial charge on any atom is -0.756 e. The number of quaternary nitrogens is 1. The van der Waals surface area contributed by atoms with Crippen LogP contribution < -0.4 is 10.2 Å². The molecule has 0 heterocycles. The van der Waals surface area contributed by atoms with Gasteiger partial charge in [0, 0.05) is 6.42 Å². The Morgan fingerprint density at radius 1 is 0.603 bits per heavy atom. The molecule has 0 saturated carbocycles. The van der Waals surface area contributed by atoms with E-state index in [1.807, 2.05) is 21.1 Å². The number of carbonyl (C=O) groups excluding carboxylic acids is 1. The zero-order valence-electron chi connectivity index (χ0n) is 38.8. The second-order valence-electron chi connectivity index (χ2n) is 17.8. The van der Waals surface area contributed by atoms with E-state index in [4.69, 9.17) is 9.05 Å². The average Bonchev–Trinajstić information content (AvgIpc) is 3.17. The molecule has 0 aromatic rings. The van der Waals surface area contributed by atoms with Crippen LogP contribution in [0.2, 0.25) is 0 Å². The summed E-state index contributed by atoms with van der Waals surface area (Å²) in [5.41, 5.74) is 0. The van der Waals surface area contributed by atoms with Crippen LogP contribution in [0.3, 0.4) is 0 Å². The smallest absolute Gasteiger partial charge is 0.268 e. The zero-order chi connectivity index (χ0) is 42.8. The van der Waals surface area contributed by atoms with Gasteiger partial charge in [0.2, 0.25) is 5.91 Å². The normalized spacial score (nSPS) is 14.5.